The van der Waals surface area contributed by atoms with E-state index in [1.54, 1.807) is 12.2 Å². The summed E-state index contributed by atoms with van der Waals surface area (Å²) in [5.41, 5.74) is 2.22. The Labute approximate surface area is 207 Å². The van der Waals surface area contributed by atoms with Gasteiger partial charge in [0.15, 0.2) is 5.78 Å². The third-order valence-corrected chi connectivity index (χ3v) is 6.33. The molecular weight excluding hydrogens is 442 g/mol. The quantitative estimate of drug-likeness (QED) is 0.532. The summed E-state index contributed by atoms with van der Waals surface area (Å²) in [5, 5.41) is 24.3. The molecule has 1 fully saturated rings. The molecule has 0 aromatic heterocycles. The van der Waals surface area contributed by atoms with Gasteiger partial charge in [-0.15, -0.1) is 0 Å². The largest absolute Gasteiger partial charge is 0.512 e. The van der Waals surface area contributed by atoms with Gasteiger partial charge in [-0.1, -0.05) is 72.4 Å². The molecule has 0 radical (unpaired) electrons. The summed E-state index contributed by atoms with van der Waals surface area (Å²) in [6, 6.07) is 9.63. The number of hydrogen-bond acceptors (Lipinski definition) is 5. The van der Waals surface area contributed by atoms with Crippen molar-refractivity contribution in [2.24, 2.45) is 5.92 Å². The van der Waals surface area contributed by atoms with E-state index in [0.717, 1.165) is 11.1 Å². The van der Waals surface area contributed by atoms with E-state index in [9.17, 15) is 19.8 Å². The zero-order valence-electron chi connectivity index (χ0n) is 20.4. The van der Waals surface area contributed by atoms with Crippen molar-refractivity contribution < 1.29 is 24.5 Å². The maximum atomic E-state index is 12.8. The minimum absolute atomic E-state index is 0.0238. The molecule has 6 heteroatoms. The number of nitrogens with one attached hydrogen (secondary N) is 1. The fourth-order valence-electron chi connectivity index (χ4n) is 4.50. The number of carbonyl (C=O) groups is 2. The fourth-order valence-corrected chi connectivity index (χ4v) is 4.50. The molecule has 0 bridgehead atoms. The Morgan fingerprint density at radius 2 is 1.80 bits per heavy atom. The van der Waals surface area contributed by atoms with Crippen LogP contribution in [0.2, 0.25) is 0 Å². The average Bonchev–Trinajstić information content (AvgIpc) is 3.15. The lowest BCUT2D eigenvalue weighted by Crippen LogP contribution is -2.26. The molecule has 1 aliphatic carbocycles. The van der Waals surface area contributed by atoms with Crippen LogP contribution in [0.4, 0.5) is 0 Å². The summed E-state index contributed by atoms with van der Waals surface area (Å²) >= 11 is 0. The van der Waals surface area contributed by atoms with Gasteiger partial charge in [-0.3, -0.25) is 9.59 Å². The molecule has 1 heterocycles. The highest BCUT2D eigenvalue weighted by atomic mass is 16.5. The smallest absolute Gasteiger partial charge is 0.244 e. The lowest BCUT2D eigenvalue weighted by Gasteiger charge is -2.17. The van der Waals surface area contributed by atoms with E-state index in [0.29, 0.717) is 31.3 Å². The molecule has 0 spiro atoms. The van der Waals surface area contributed by atoms with E-state index in [4.69, 9.17) is 4.74 Å². The first-order chi connectivity index (χ1) is 16.9. The monoisotopic (exact) mass is 477 g/mol. The van der Waals surface area contributed by atoms with Crippen LogP contribution in [0.5, 0.6) is 0 Å². The molecule has 4 unspecified atom stereocenters. The second-order valence-electron chi connectivity index (χ2n) is 9.03. The molecule has 1 aliphatic heterocycles. The van der Waals surface area contributed by atoms with Gasteiger partial charge < -0.3 is 20.3 Å². The predicted octanol–water partition coefficient (Wildman–Crippen LogP) is 4.81. The summed E-state index contributed by atoms with van der Waals surface area (Å²) in [7, 11) is 1.49. The Balaban J connectivity index is 1.86. The molecule has 35 heavy (non-hydrogen) atoms. The minimum Gasteiger partial charge on any atom is -0.512 e. The Morgan fingerprint density at radius 3 is 2.54 bits per heavy atom. The zero-order valence-corrected chi connectivity index (χ0v) is 20.4. The molecule has 1 aromatic rings. The second-order valence-corrected chi connectivity index (χ2v) is 9.03. The molecule has 3 N–H and O–H groups in total. The Morgan fingerprint density at radius 1 is 1.06 bits per heavy atom. The standard InChI is InChI=1S/C29H35NO5/c1-20-11-9-10-16-27(33)30-24(21-12-5-3-6-13-21)15-8-4-7-14-23(31)19-25(32)28-22(17-20)18-26(35-2)29(28)34/h3-6,8-13,16-17,22-24,26,31-32H,7,14-15,18-19H2,1-2H3,(H,30,33)/b8-4-,11-9-,16-10+,20-17-,28-25+. The number of aliphatic hydroxyl groups is 2. The summed E-state index contributed by atoms with van der Waals surface area (Å²) in [6.45, 7) is 1.90. The highest BCUT2D eigenvalue weighted by Crippen LogP contribution is 2.35. The number of amides is 1. The molecule has 1 aromatic carbocycles. The van der Waals surface area contributed by atoms with Crippen molar-refractivity contribution in [3.8, 4) is 0 Å². The first-order valence-electron chi connectivity index (χ1n) is 12.1. The van der Waals surface area contributed by atoms with Gasteiger partial charge in [0.25, 0.3) is 0 Å². The van der Waals surface area contributed by atoms with Crippen molar-refractivity contribution in [2.75, 3.05) is 7.11 Å². The molecule has 3 rings (SSSR count). The maximum absolute atomic E-state index is 12.8. The number of methoxy groups -OCH3 is 1. The van der Waals surface area contributed by atoms with Crippen LogP contribution in [0, 0.1) is 5.92 Å². The van der Waals surface area contributed by atoms with Crippen molar-refractivity contribution in [2.45, 2.75) is 57.3 Å². The van der Waals surface area contributed by atoms with E-state index in [1.807, 2.05) is 61.6 Å². The van der Waals surface area contributed by atoms with Crippen molar-refractivity contribution in [3.05, 3.63) is 95.3 Å². The molecule has 6 nitrogen and oxygen atoms in total. The average molecular weight is 478 g/mol. The highest BCUT2D eigenvalue weighted by Gasteiger charge is 2.39. The third-order valence-electron chi connectivity index (χ3n) is 6.33. The van der Waals surface area contributed by atoms with Crippen LogP contribution in [0.3, 0.4) is 0 Å². The number of benzene rings is 1. The van der Waals surface area contributed by atoms with Crippen LogP contribution in [0.15, 0.2) is 89.8 Å². The molecule has 1 saturated carbocycles. The highest BCUT2D eigenvalue weighted by molar-refractivity contribution is 6.02. The van der Waals surface area contributed by atoms with Crippen LogP contribution in [-0.4, -0.2) is 41.2 Å². The minimum atomic E-state index is -0.775. The van der Waals surface area contributed by atoms with Crippen LogP contribution < -0.4 is 5.32 Å². The number of Topliss-reactive ketones (excluding diaryl/α,β-unsaturated/α-hetero) is 1. The van der Waals surface area contributed by atoms with Gasteiger partial charge >= 0.3 is 0 Å². The molecule has 186 valence electrons. The third kappa shape index (κ3) is 7.64. The molecule has 4 atom stereocenters. The lowest BCUT2D eigenvalue weighted by atomic mass is 9.95. The van der Waals surface area contributed by atoms with E-state index < -0.39 is 12.2 Å². The van der Waals surface area contributed by atoms with Crippen LogP contribution in [-0.2, 0) is 14.3 Å². The number of ether oxygens (including phenoxy) is 1. The number of carbonyl (C=O) groups excluding carboxylic acids is 2. The van der Waals surface area contributed by atoms with E-state index in [1.165, 1.54) is 13.2 Å². The van der Waals surface area contributed by atoms with Gasteiger partial charge in [0.05, 0.1) is 12.1 Å². The van der Waals surface area contributed by atoms with Gasteiger partial charge in [-0.25, -0.2) is 0 Å². The second kappa shape index (κ2) is 13.0. The molecular formula is C29H35NO5. The fraction of sp³-hybridized carbons (Fsp3) is 0.379. The normalized spacial score (nSPS) is 33.3. The van der Waals surface area contributed by atoms with Gasteiger partial charge in [0, 0.05) is 31.1 Å². The van der Waals surface area contributed by atoms with Gasteiger partial charge in [0.2, 0.25) is 5.91 Å². The summed E-state index contributed by atoms with van der Waals surface area (Å²) < 4.78 is 5.31. The number of allylic oxidation sites excluding steroid dienone is 6. The summed E-state index contributed by atoms with van der Waals surface area (Å²) in [4.78, 5) is 25.3. The van der Waals surface area contributed by atoms with E-state index >= 15 is 0 Å². The van der Waals surface area contributed by atoms with Crippen LogP contribution in [0.1, 0.15) is 50.6 Å². The number of ketones is 1. The Hall–Kier alpha value is -3.22. The van der Waals surface area contributed by atoms with Crippen molar-refractivity contribution in [3.63, 3.8) is 0 Å². The summed E-state index contributed by atoms with van der Waals surface area (Å²) in [6.07, 6.45) is 13.4. The predicted molar refractivity (Wildman–Crippen MR) is 137 cm³/mol. The number of aliphatic hydroxyl groups excluding tert-OH is 2. The van der Waals surface area contributed by atoms with Gasteiger partial charge in [-0.2, -0.15) is 0 Å². The van der Waals surface area contributed by atoms with Crippen molar-refractivity contribution in [1.29, 1.82) is 0 Å². The summed E-state index contributed by atoms with van der Waals surface area (Å²) in [5.74, 6) is -0.790. The van der Waals surface area contributed by atoms with E-state index in [-0.39, 0.29) is 35.8 Å². The molecule has 2 aliphatic rings. The number of hydrogen-bond donors (Lipinski definition) is 3. The van der Waals surface area contributed by atoms with E-state index in [2.05, 4.69) is 5.32 Å². The van der Waals surface area contributed by atoms with Crippen molar-refractivity contribution >= 4 is 11.7 Å². The van der Waals surface area contributed by atoms with Gasteiger partial charge in [-0.05, 0) is 38.2 Å². The van der Waals surface area contributed by atoms with Crippen molar-refractivity contribution in [1.82, 2.24) is 5.32 Å². The first kappa shape index (κ1) is 26.4. The SMILES string of the molecule is COC1CC2\C=C(C)/C=C\C=C\C(=O)NC(c3ccccc3)C/C=C\CCC(O)C/C(O)=C/2C1=O. The Kier molecular flexibility index (Phi) is 9.82. The first-order valence-corrected chi connectivity index (χ1v) is 12.1. The number of fused-ring (bicyclic) bond motifs is 1. The van der Waals surface area contributed by atoms with Crippen LogP contribution in [0.25, 0.3) is 0 Å². The number of rotatable bonds is 2. The lowest BCUT2D eigenvalue weighted by molar-refractivity contribution is -0.123. The van der Waals surface area contributed by atoms with Crippen LogP contribution >= 0.6 is 0 Å². The Bertz CT molecular complexity index is 1030. The maximum Gasteiger partial charge on any atom is 0.244 e. The zero-order chi connectivity index (χ0) is 25.2. The molecule has 1 amide bonds. The molecule has 0 saturated heterocycles. The topological polar surface area (TPSA) is 95.9 Å². The van der Waals surface area contributed by atoms with Gasteiger partial charge in [0.1, 0.15) is 11.9 Å².